The zero-order chi connectivity index (χ0) is 17.3. The fraction of sp³-hybridized carbons (Fsp3) is 0.556. The van der Waals surface area contributed by atoms with Gasteiger partial charge in [0.15, 0.2) is 0 Å². The molecule has 0 aliphatic rings. The molecule has 0 fully saturated rings. The van der Waals surface area contributed by atoms with E-state index in [0.717, 1.165) is 28.2 Å². The van der Waals surface area contributed by atoms with Crippen molar-refractivity contribution in [1.29, 1.82) is 0 Å². The van der Waals surface area contributed by atoms with Crippen molar-refractivity contribution in [2.24, 2.45) is 0 Å². The molecule has 126 valence electrons. The Kier molecular flexibility index (Phi) is 5.09. The first-order valence-electron chi connectivity index (χ1n) is 7.85. The Morgan fingerprint density at radius 2 is 1.61 bits per heavy atom. The van der Waals surface area contributed by atoms with Gasteiger partial charge in [-0.25, -0.2) is 0 Å². The molecule has 0 amide bonds. The maximum absolute atomic E-state index is 10.7. The average Bonchev–Trinajstić information content (AvgIpc) is 2.91. The molecule has 0 bridgehead atoms. The molecule has 0 aliphatic heterocycles. The summed E-state index contributed by atoms with van der Waals surface area (Å²) in [6, 6.07) is 4.20. The van der Waals surface area contributed by atoms with Gasteiger partial charge in [-0.05, 0) is 23.0 Å². The van der Waals surface area contributed by atoms with Gasteiger partial charge in [-0.1, -0.05) is 41.5 Å². The van der Waals surface area contributed by atoms with Crippen molar-refractivity contribution in [3.63, 3.8) is 0 Å². The van der Waals surface area contributed by atoms with E-state index in [1.54, 1.807) is 11.8 Å². The van der Waals surface area contributed by atoms with Gasteiger partial charge in [0, 0.05) is 28.2 Å². The zero-order valence-corrected chi connectivity index (χ0v) is 15.6. The van der Waals surface area contributed by atoms with Gasteiger partial charge in [0.1, 0.15) is 5.75 Å². The standard InChI is InChI=1S/C18H26N2O2S/c1-17(2,3)13-9-12(10-14(16(13)21)18(4,5)6)23-8-7-15-20-19-11-22-15/h9-11,21H,7-8H2,1-6H3. The number of aromatic hydroxyl groups is 1. The van der Waals surface area contributed by atoms with Crippen LogP contribution in [0.1, 0.15) is 58.6 Å². The first-order valence-corrected chi connectivity index (χ1v) is 8.83. The van der Waals surface area contributed by atoms with Gasteiger partial charge in [-0.15, -0.1) is 22.0 Å². The lowest BCUT2D eigenvalue weighted by Crippen LogP contribution is -2.17. The lowest BCUT2D eigenvalue weighted by Gasteiger charge is -2.28. The van der Waals surface area contributed by atoms with E-state index in [4.69, 9.17) is 4.42 Å². The van der Waals surface area contributed by atoms with Crippen LogP contribution in [0, 0.1) is 0 Å². The van der Waals surface area contributed by atoms with Crippen LogP contribution < -0.4 is 0 Å². The highest BCUT2D eigenvalue weighted by molar-refractivity contribution is 7.99. The van der Waals surface area contributed by atoms with Crippen molar-refractivity contribution >= 4 is 11.8 Å². The number of hydrogen-bond donors (Lipinski definition) is 1. The number of hydrogen-bond acceptors (Lipinski definition) is 5. The Balaban J connectivity index is 2.28. The molecule has 1 heterocycles. The zero-order valence-electron chi connectivity index (χ0n) is 14.8. The predicted octanol–water partition coefficient (Wildman–Crippen LogP) is 4.71. The van der Waals surface area contributed by atoms with Crippen LogP contribution >= 0.6 is 11.8 Å². The van der Waals surface area contributed by atoms with E-state index in [-0.39, 0.29) is 10.8 Å². The molecule has 0 unspecified atom stereocenters. The topological polar surface area (TPSA) is 59.2 Å². The van der Waals surface area contributed by atoms with Crippen LogP contribution in [0.15, 0.2) is 27.8 Å². The van der Waals surface area contributed by atoms with E-state index in [0.29, 0.717) is 11.6 Å². The number of aromatic nitrogens is 2. The Hall–Kier alpha value is -1.49. The molecule has 0 saturated heterocycles. The predicted molar refractivity (Wildman–Crippen MR) is 94.2 cm³/mol. The molecule has 0 saturated carbocycles. The molecule has 1 aromatic heterocycles. The van der Waals surface area contributed by atoms with Crippen LogP contribution in [0.2, 0.25) is 0 Å². The van der Waals surface area contributed by atoms with Gasteiger partial charge < -0.3 is 9.52 Å². The lowest BCUT2D eigenvalue weighted by atomic mass is 9.79. The molecular formula is C18H26N2O2S. The van der Waals surface area contributed by atoms with Gasteiger partial charge in [-0.2, -0.15) is 0 Å². The molecular weight excluding hydrogens is 308 g/mol. The summed E-state index contributed by atoms with van der Waals surface area (Å²) in [5.74, 6) is 1.94. The molecule has 5 heteroatoms. The van der Waals surface area contributed by atoms with E-state index in [1.807, 2.05) is 0 Å². The number of aryl methyl sites for hydroxylation is 1. The summed E-state index contributed by atoms with van der Waals surface area (Å²) in [6.45, 7) is 12.8. The van der Waals surface area contributed by atoms with E-state index < -0.39 is 0 Å². The minimum absolute atomic E-state index is 0.104. The maximum Gasteiger partial charge on any atom is 0.217 e. The second kappa shape index (κ2) is 6.56. The van der Waals surface area contributed by atoms with E-state index >= 15 is 0 Å². The average molecular weight is 334 g/mol. The molecule has 0 radical (unpaired) electrons. The Morgan fingerprint density at radius 1 is 1.04 bits per heavy atom. The van der Waals surface area contributed by atoms with E-state index in [9.17, 15) is 5.11 Å². The summed E-state index contributed by atoms with van der Waals surface area (Å²) in [5, 5.41) is 18.3. The van der Waals surface area contributed by atoms with Crippen molar-refractivity contribution in [2.75, 3.05) is 5.75 Å². The molecule has 1 N–H and O–H groups in total. The molecule has 0 atom stereocenters. The molecule has 2 rings (SSSR count). The third-order valence-corrected chi connectivity index (χ3v) is 4.67. The second-order valence-electron chi connectivity index (χ2n) is 7.80. The number of nitrogens with zero attached hydrogens (tertiary/aromatic N) is 2. The van der Waals surface area contributed by atoms with Crippen molar-refractivity contribution < 1.29 is 9.52 Å². The van der Waals surface area contributed by atoms with Crippen LogP contribution in [0.5, 0.6) is 5.75 Å². The molecule has 0 aliphatic carbocycles. The summed E-state index contributed by atoms with van der Waals surface area (Å²) in [5.41, 5.74) is 1.77. The first-order chi connectivity index (χ1) is 10.6. The summed E-state index contributed by atoms with van der Waals surface area (Å²) in [6.07, 6.45) is 2.09. The van der Waals surface area contributed by atoms with Crippen LogP contribution in [-0.4, -0.2) is 21.1 Å². The van der Waals surface area contributed by atoms with Gasteiger partial charge in [-0.3, -0.25) is 0 Å². The van der Waals surface area contributed by atoms with Crippen molar-refractivity contribution in [2.45, 2.75) is 63.7 Å². The van der Waals surface area contributed by atoms with Crippen molar-refractivity contribution in [3.8, 4) is 5.75 Å². The van der Waals surface area contributed by atoms with Crippen LogP contribution in [-0.2, 0) is 17.3 Å². The van der Waals surface area contributed by atoms with Crippen LogP contribution in [0.3, 0.4) is 0 Å². The summed E-state index contributed by atoms with van der Waals surface area (Å²) in [7, 11) is 0. The SMILES string of the molecule is CC(C)(C)c1cc(SCCc2nnco2)cc(C(C)(C)C)c1O. The minimum Gasteiger partial charge on any atom is -0.507 e. The largest absolute Gasteiger partial charge is 0.507 e. The van der Waals surface area contributed by atoms with Crippen LogP contribution in [0.4, 0.5) is 0 Å². The normalized spacial score (nSPS) is 12.6. The fourth-order valence-electron chi connectivity index (χ4n) is 2.40. The number of phenols is 1. The maximum atomic E-state index is 10.7. The summed E-state index contributed by atoms with van der Waals surface area (Å²) in [4.78, 5) is 1.16. The monoisotopic (exact) mass is 334 g/mol. The highest BCUT2D eigenvalue weighted by Gasteiger charge is 2.26. The number of benzene rings is 1. The smallest absolute Gasteiger partial charge is 0.217 e. The van der Waals surface area contributed by atoms with Gasteiger partial charge in [0.2, 0.25) is 12.3 Å². The molecule has 1 aromatic carbocycles. The highest BCUT2D eigenvalue weighted by Crippen LogP contribution is 2.41. The minimum atomic E-state index is -0.104. The van der Waals surface area contributed by atoms with Crippen LogP contribution in [0.25, 0.3) is 0 Å². The van der Waals surface area contributed by atoms with Gasteiger partial charge >= 0.3 is 0 Å². The number of thioether (sulfide) groups is 1. The first kappa shape index (κ1) is 17.9. The molecule has 2 aromatic rings. The lowest BCUT2D eigenvalue weighted by molar-refractivity contribution is 0.422. The Bertz CT molecular complexity index is 618. The van der Waals surface area contributed by atoms with Gasteiger partial charge in [0.05, 0.1) is 0 Å². The van der Waals surface area contributed by atoms with Crippen molar-refractivity contribution in [1.82, 2.24) is 10.2 Å². The van der Waals surface area contributed by atoms with E-state index in [1.165, 1.54) is 6.39 Å². The highest BCUT2D eigenvalue weighted by atomic mass is 32.2. The van der Waals surface area contributed by atoms with Gasteiger partial charge in [0.25, 0.3) is 0 Å². The van der Waals surface area contributed by atoms with E-state index in [2.05, 4.69) is 63.9 Å². The quantitative estimate of drug-likeness (QED) is 0.821. The second-order valence-corrected chi connectivity index (χ2v) is 8.97. The number of phenolic OH excluding ortho intramolecular Hbond substituents is 1. The summed E-state index contributed by atoms with van der Waals surface area (Å²) < 4.78 is 5.17. The third-order valence-electron chi connectivity index (χ3n) is 3.69. The third kappa shape index (κ3) is 4.50. The summed E-state index contributed by atoms with van der Waals surface area (Å²) >= 11 is 1.75. The number of rotatable bonds is 4. The molecule has 0 spiro atoms. The Morgan fingerprint density at radius 3 is 2.04 bits per heavy atom. The molecule has 23 heavy (non-hydrogen) atoms. The Labute approximate surface area is 142 Å². The fourth-order valence-corrected chi connectivity index (χ4v) is 3.31. The van der Waals surface area contributed by atoms with Crippen molar-refractivity contribution in [3.05, 3.63) is 35.5 Å². The molecule has 4 nitrogen and oxygen atoms in total.